The Hall–Kier alpha value is -0.660. The molecular formula is C6H14N2O4S. The monoisotopic (exact) mass is 210 g/mol. The van der Waals surface area contributed by atoms with Gasteiger partial charge in [0.2, 0.25) is 0 Å². The first kappa shape index (κ1) is 12.3. The third-order valence-electron chi connectivity index (χ3n) is 1.48. The van der Waals surface area contributed by atoms with Crippen molar-refractivity contribution in [3.63, 3.8) is 0 Å². The summed E-state index contributed by atoms with van der Waals surface area (Å²) < 4.78 is 23.0. The molecule has 0 bridgehead atoms. The molecule has 1 unspecified atom stereocenters. The molecule has 0 rings (SSSR count). The lowest BCUT2D eigenvalue weighted by Crippen LogP contribution is -2.34. The molecule has 0 saturated carbocycles. The van der Waals surface area contributed by atoms with E-state index in [4.69, 9.17) is 5.11 Å². The summed E-state index contributed by atoms with van der Waals surface area (Å²) in [5.74, 6) is -0.920. The van der Waals surface area contributed by atoms with Gasteiger partial charge in [0.15, 0.2) is 0 Å². The molecule has 13 heavy (non-hydrogen) atoms. The predicted octanol–water partition coefficient (Wildman–Crippen LogP) is -0.720. The molecule has 0 fully saturated rings. The Kier molecular flexibility index (Phi) is 4.89. The summed E-state index contributed by atoms with van der Waals surface area (Å²) in [6.45, 7) is 1.92. The van der Waals surface area contributed by atoms with E-state index >= 15 is 0 Å². The van der Waals surface area contributed by atoms with E-state index in [1.165, 1.54) is 0 Å². The maximum atomic E-state index is 10.4. The van der Waals surface area contributed by atoms with E-state index in [2.05, 4.69) is 9.86 Å². The highest BCUT2D eigenvalue weighted by molar-refractivity contribution is 7.87. The summed E-state index contributed by atoms with van der Waals surface area (Å²) in [7, 11) is -3.66. The van der Waals surface area contributed by atoms with E-state index in [1.54, 1.807) is 6.92 Å². The lowest BCUT2D eigenvalue weighted by atomic mass is 10.1. The zero-order chi connectivity index (χ0) is 10.5. The number of nitrogens with two attached hydrogens (primary N) is 1. The number of aliphatic carboxylic acids is 1. The molecule has 0 heterocycles. The molecule has 7 heteroatoms. The van der Waals surface area contributed by atoms with Crippen molar-refractivity contribution in [2.24, 2.45) is 11.1 Å². The minimum absolute atomic E-state index is 0.0329. The van der Waals surface area contributed by atoms with Gasteiger partial charge in [-0.05, 0) is 12.3 Å². The van der Waals surface area contributed by atoms with Gasteiger partial charge in [0, 0.05) is 13.0 Å². The lowest BCUT2D eigenvalue weighted by molar-refractivity contribution is -0.137. The van der Waals surface area contributed by atoms with Gasteiger partial charge in [-0.3, -0.25) is 4.79 Å². The molecule has 1 atom stereocenters. The molecular weight excluding hydrogens is 196 g/mol. The standard InChI is InChI=1S/C6H14N2O4S/c1-5(2-3-6(9)10)4-8-13(7,11)12/h5,8H,2-4H2,1H3,(H,9,10)(H2,7,11,12). The van der Waals surface area contributed by atoms with Crippen molar-refractivity contribution in [2.45, 2.75) is 19.8 Å². The Morgan fingerprint density at radius 3 is 2.54 bits per heavy atom. The van der Waals surface area contributed by atoms with E-state index < -0.39 is 16.2 Å². The molecule has 0 aromatic heterocycles. The van der Waals surface area contributed by atoms with Gasteiger partial charge < -0.3 is 5.11 Å². The summed E-state index contributed by atoms with van der Waals surface area (Å²) in [5, 5.41) is 13.0. The van der Waals surface area contributed by atoms with Crippen molar-refractivity contribution in [3.8, 4) is 0 Å². The van der Waals surface area contributed by atoms with Crippen LogP contribution in [-0.2, 0) is 15.0 Å². The second-order valence-corrected chi connectivity index (χ2v) is 4.31. The number of rotatable bonds is 6. The largest absolute Gasteiger partial charge is 0.481 e. The van der Waals surface area contributed by atoms with Crippen molar-refractivity contribution < 1.29 is 18.3 Å². The van der Waals surface area contributed by atoms with Crippen LogP contribution in [0.5, 0.6) is 0 Å². The van der Waals surface area contributed by atoms with Gasteiger partial charge in [0.1, 0.15) is 0 Å². The van der Waals surface area contributed by atoms with E-state index in [-0.39, 0.29) is 18.9 Å². The molecule has 0 aliphatic rings. The van der Waals surface area contributed by atoms with Gasteiger partial charge in [0.05, 0.1) is 0 Å². The molecule has 6 nitrogen and oxygen atoms in total. The highest BCUT2D eigenvalue weighted by Crippen LogP contribution is 2.03. The summed E-state index contributed by atoms with van der Waals surface area (Å²) in [6.07, 6.45) is 0.464. The van der Waals surface area contributed by atoms with Gasteiger partial charge in [-0.25, -0.2) is 9.86 Å². The maximum Gasteiger partial charge on any atom is 0.303 e. The van der Waals surface area contributed by atoms with Crippen LogP contribution in [0, 0.1) is 5.92 Å². The molecule has 0 spiro atoms. The zero-order valence-corrected chi connectivity index (χ0v) is 8.17. The third-order valence-corrected chi connectivity index (χ3v) is 2.05. The van der Waals surface area contributed by atoms with Gasteiger partial charge >= 0.3 is 5.97 Å². The Morgan fingerprint density at radius 2 is 2.15 bits per heavy atom. The van der Waals surface area contributed by atoms with Crippen molar-refractivity contribution >= 4 is 16.2 Å². The summed E-state index contributed by atoms with van der Waals surface area (Å²) >= 11 is 0. The van der Waals surface area contributed by atoms with E-state index in [0.29, 0.717) is 6.42 Å². The zero-order valence-electron chi connectivity index (χ0n) is 7.36. The number of carboxylic acids is 1. The fourth-order valence-electron chi connectivity index (χ4n) is 0.730. The fraction of sp³-hybridized carbons (Fsp3) is 0.833. The molecule has 0 saturated heterocycles. The first-order valence-electron chi connectivity index (χ1n) is 3.80. The lowest BCUT2D eigenvalue weighted by Gasteiger charge is -2.09. The Morgan fingerprint density at radius 1 is 1.62 bits per heavy atom. The summed E-state index contributed by atoms with van der Waals surface area (Å²) in [4.78, 5) is 10.1. The number of hydrogen-bond acceptors (Lipinski definition) is 3. The quantitative estimate of drug-likeness (QED) is 0.537. The summed E-state index contributed by atoms with van der Waals surface area (Å²) in [5.41, 5.74) is 0. The van der Waals surface area contributed by atoms with Crippen molar-refractivity contribution in [2.75, 3.05) is 6.54 Å². The highest BCUT2D eigenvalue weighted by Gasteiger charge is 2.08. The third kappa shape index (κ3) is 9.25. The average Bonchev–Trinajstić information content (AvgIpc) is 1.95. The van der Waals surface area contributed by atoms with Crippen LogP contribution in [0.25, 0.3) is 0 Å². The second-order valence-electron chi connectivity index (χ2n) is 2.93. The number of nitrogens with one attached hydrogen (secondary N) is 1. The smallest absolute Gasteiger partial charge is 0.303 e. The molecule has 4 N–H and O–H groups in total. The minimum Gasteiger partial charge on any atom is -0.481 e. The predicted molar refractivity (Wildman–Crippen MR) is 47.1 cm³/mol. The Bertz CT molecular complexity index is 262. The van der Waals surface area contributed by atoms with E-state index in [9.17, 15) is 13.2 Å². The number of hydrogen-bond donors (Lipinski definition) is 3. The number of carboxylic acid groups (broad SMARTS) is 1. The molecule has 0 amide bonds. The maximum absolute atomic E-state index is 10.4. The topological polar surface area (TPSA) is 109 Å². The van der Waals surface area contributed by atoms with Crippen molar-refractivity contribution in [1.82, 2.24) is 4.72 Å². The van der Waals surface area contributed by atoms with Crippen LogP contribution in [0.1, 0.15) is 19.8 Å². The van der Waals surface area contributed by atoms with Crippen LogP contribution >= 0.6 is 0 Å². The van der Waals surface area contributed by atoms with Crippen molar-refractivity contribution in [1.29, 1.82) is 0 Å². The minimum atomic E-state index is -3.66. The summed E-state index contributed by atoms with van der Waals surface area (Å²) in [6, 6.07) is 0. The van der Waals surface area contributed by atoms with Crippen LogP contribution in [0.2, 0.25) is 0 Å². The first-order valence-corrected chi connectivity index (χ1v) is 5.35. The fourth-order valence-corrected chi connectivity index (χ4v) is 1.25. The van der Waals surface area contributed by atoms with Crippen LogP contribution in [0.4, 0.5) is 0 Å². The molecule has 0 aromatic carbocycles. The van der Waals surface area contributed by atoms with Gasteiger partial charge in [-0.2, -0.15) is 8.42 Å². The van der Waals surface area contributed by atoms with E-state index in [1.807, 2.05) is 0 Å². The molecule has 0 aromatic rings. The number of carbonyl (C=O) groups is 1. The van der Waals surface area contributed by atoms with E-state index in [0.717, 1.165) is 0 Å². The van der Waals surface area contributed by atoms with Crippen LogP contribution < -0.4 is 9.86 Å². The Labute approximate surface area is 77.3 Å². The van der Waals surface area contributed by atoms with Crippen LogP contribution in [0.3, 0.4) is 0 Å². The highest BCUT2D eigenvalue weighted by atomic mass is 32.2. The second kappa shape index (κ2) is 5.15. The first-order chi connectivity index (χ1) is 5.81. The van der Waals surface area contributed by atoms with Crippen molar-refractivity contribution in [3.05, 3.63) is 0 Å². The van der Waals surface area contributed by atoms with Gasteiger partial charge in [-0.1, -0.05) is 6.92 Å². The van der Waals surface area contributed by atoms with Gasteiger partial charge in [-0.15, -0.1) is 0 Å². The van der Waals surface area contributed by atoms with Crippen LogP contribution in [-0.4, -0.2) is 26.0 Å². The molecule has 0 aliphatic heterocycles. The molecule has 0 radical (unpaired) electrons. The van der Waals surface area contributed by atoms with Gasteiger partial charge in [0.25, 0.3) is 10.2 Å². The molecule has 78 valence electrons. The molecule has 0 aliphatic carbocycles. The SMILES string of the molecule is CC(CCC(=O)O)CNS(N)(=O)=O. The van der Waals surface area contributed by atoms with Crippen LogP contribution in [0.15, 0.2) is 0 Å². The average molecular weight is 210 g/mol. The normalized spacial score (nSPS) is 14.0. The Balaban J connectivity index is 3.64.